The fraction of sp³-hybridized carbons (Fsp3) is 0.588. The molecule has 1 N–H and O–H groups in total. The molecule has 24 heavy (non-hydrogen) atoms. The minimum atomic E-state index is -3.28. The first-order valence-corrected chi connectivity index (χ1v) is 9.92. The molecule has 0 aliphatic rings. The number of amides is 1. The first-order valence-electron chi connectivity index (χ1n) is 8.27. The van der Waals surface area contributed by atoms with E-state index in [0.29, 0.717) is 12.1 Å². The Labute approximate surface area is 145 Å². The lowest BCUT2D eigenvalue weighted by Crippen LogP contribution is -2.38. The number of hydrogen-bond acceptors (Lipinski definition) is 4. The molecule has 0 fully saturated rings. The van der Waals surface area contributed by atoms with Crippen molar-refractivity contribution in [2.45, 2.75) is 46.6 Å². The van der Waals surface area contributed by atoms with Crippen LogP contribution in [0.15, 0.2) is 24.3 Å². The van der Waals surface area contributed by atoms with Gasteiger partial charge >= 0.3 is 0 Å². The van der Waals surface area contributed by atoms with Crippen LogP contribution >= 0.6 is 0 Å². The van der Waals surface area contributed by atoms with E-state index in [1.807, 2.05) is 20.8 Å². The molecule has 0 saturated carbocycles. The normalized spacial score (nSPS) is 11.5. The van der Waals surface area contributed by atoms with E-state index in [1.165, 1.54) is 6.92 Å². The molecule has 0 spiro atoms. The Morgan fingerprint density at radius 3 is 2.38 bits per heavy atom. The van der Waals surface area contributed by atoms with E-state index in [-0.39, 0.29) is 30.9 Å². The molecule has 0 aromatic heterocycles. The Hall–Kier alpha value is -1.60. The van der Waals surface area contributed by atoms with Crippen LogP contribution in [-0.4, -0.2) is 39.3 Å². The quantitative estimate of drug-likeness (QED) is 0.699. The smallest absolute Gasteiger partial charge is 0.223 e. The summed E-state index contributed by atoms with van der Waals surface area (Å²) in [4.78, 5) is 13.4. The van der Waals surface area contributed by atoms with Crippen molar-refractivity contribution in [3.05, 3.63) is 24.3 Å². The van der Waals surface area contributed by atoms with E-state index in [2.05, 4.69) is 4.72 Å². The maximum absolute atomic E-state index is 11.9. The van der Waals surface area contributed by atoms with Gasteiger partial charge in [-0.05, 0) is 44.5 Å². The van der Waals surface area contributed by atoms with Crippen LogP contribution < -0.4 is 14.4 Å². The van der Waals surface area contributed by atoms with Crippen LogP contribution in [0.4, 0.5) is 5.69 Å². The molecule has 1 aromatic rings. The van der Waals surface area contributed by atoms with Gasteiger partial charge in [0, 0.05) is 25.7 Å². The fourth-order valence-corrected chi connectivity index (χ4v) is 3.38. The predicted molar refractivity (Wildman–Crippen MR) is 96.9 cm³/mol. The molecule has 0 atom stereocenters. The van der Waals surface area contributed by atoms with Gasteiger partial charge in [0.1, 0.15) is 5.75 Å². The zero-order valence-corrected chi connectivity index (χ0v) is 15.7. The van der Waals surface area contributed by atoms with Gasteiger partial charge in [0.2, 0.25) is 15.9 Å². The highest BCUT2D eigenvalue weighted by Gasteiger charge is 2.14. The number of unbranched alkanes of at least 4 members (excludes halogenated alkanes) is 1. The highest BCUT2D eigenvalue weighted by molar-refractivity contribution is 7.89. The van der Waals surface area contributed by atoms with Crippen molar-refractivity contribution in [1.29, 1.82) is 0 Å². The summed E-state index contributed by atoms with van der Waals surface area (Å²) in [5.41, 5.74) is 0.714. The number of hydrogen-bond donors (Lipinski definition) is 1. The standard InChI is InChI=1S/C17H28N2O4S/c1-5-6-13-24(21,22)18-11-12-19(15(4)20)16-7-9-17(10-8-16)23-14(2)3/h7-10,14,18H,5-6,11-13H2,1-4H3. The maximum Gasteiger partial charge on any atom is 0.223 e. The molecule has 0 heterocycles. The van der Waals surface area contributed by atoms with E-state index in [0.717, 1.165) is 12.2 Å². The molecule has 0 saturated heterocycles. The second kappa shape index (κ2) is 9.64. The summed E-state index contributed by atoms with van der Waals surface area (Å²) >= 11 is 0. The summed E-state index contributed by atoms with van der Waals surface area (Å²) in [5, 5.41) is 0. The van der Waals surface area contributed by atoms with Crippen LogP contribution in [-0.2, 0) is 14.8 Å². The highest BCUT2D eigenvalue weighted by atomic mass is 32.2. The van der Waals surface area contributed by atoms with Gasteiger partial charge in [-0.2, -0.15) is 0 Å². The number of anilines is 1. The molecule has 1 amide bonds. The highest BCUT2D eigenvalue weighted by Crippen LogP contribution is 2.20. The van der Waals surface area contributed by atoms with Crippen molar-refractivity contribution in [3.8, 4) is 5.75 Å². The molecule has 1 aromatic carbocycles. The minimum absolute atomic E-state index is 0.0808. The van der Waals surface area contributed by atoms with E-state index in [9.17, 15) is 13.2 Å². The van der Waals surface area contributed by atoms with Gasteiger partial charge in [-0.25, -0.2) is 13.1 Å². The monoisotopic (exact) mass is 356 g/mol. The lowest BCUT2D eigenvalue weighted by molar-refractivity contribution is -0.116. The topological polar surface area (TPSA) is 75.7 Å². The van der Waals surface area contributed by atoms with Gasteiger partial charge in [-0.3, -0.25) is 4.79 Å². The Morgan fingerprint density at radius 1 is 1.25 bits per heavy atom. The molecule has 0 radical (unpaired) electrons. The molecule has 0 bridgehead atoms. The second-order valence-corrected chi connectivity index (χ2v) is 7.82. The number of sulfonamides is 1. The van der Waals surface area contributed by atoms with Gasteiger partial charge in [0.25, 0.3) is 0 Å². The van der Waals surface area contributed by atoms with Crippen LogP contribution in [0.5, 0.6) is 5.75 Å². The minimum Gasteiger partial charge on any atom is -0.491 e. The Kier molecular flexibility index (Phi) is 8.21. The van der Waals surface area contributed by atoms with Gasteiger partial charge in [0.15, 0.2) is 0 Å². The van der Waals surface area contributed by atoms with Crippen molar-refractivity contribution in [1.82, 2.24) is 4.72 Å². The van der Waals surface area contributed by atoms with E-state index >= 15 is 0 Å². The lowest BCUT2D eigenvalue weighted by Gasteiger charge is -2.22. The Bertz CT molecular complexity index is 612. The van der Waals surface area contributed by atoms with Gasteiger partial charge in [-0.1, -0.05) is 13.3 Å². The van der Waals surface area contributed by atoms with Crippen LogP contribution in [0.1, 0.15) is 40.5 Å². The second-order valence-electron chi connectivity index (χ2n) is 5.90. The lowest BCUT2D eigenvalue weighted by atomic mass is 10.2. The van der Waals surface area contributed by atoms with Crippen LogP contribution in [0.2, 0.25) is 0 Å². The van der Waals surface area contributed by atoms with E-state index in [4.69, 9.17) is 4.74 Å². The molecule has 0 unspecified atom stereocenters. The number of rotatable bonds is 10. The predicted octanol–water partition coefficient (Wildman–Crippen LogP) is 2.55. The van der Waals surface area contributed by atoms with Crippen molar-refractivity contribution < 1.29 is 17.9 Å². The zero-order chi connectivity index (χ0) is 18.2. The molecular weight excluding hydrogens is 328 g/mol. The summed E-state index contributed by atoms with van der Waals surface area (Å²) in [7, 11) is -3.28. The van der Waals surface area contributed by atoms with Gasteiger partial charge < -0.3 is 9.64 Å². The molecule has 7 heteroatoms. The average Bonchev–Trinajstić information content (AvgIpc) is 2.50. The summed E-state index contributed by atoms with van der Waals surface area (Å²) < 4.78 is 31.7. The first kappa shape index (κ1) is 20.4. The Morgan fingerprint density at radius 2 is 1.88 bits per heavy atom. The number of nitrogens with one attached hydrogen (secondary N) is 1. The number of carbonyl (C=O) groups is 1. The number of nitrogens with zero attached hydrogens (tertiary/aromatic N) is 1. The SMILES string of the molecule is CCCCS(=O)(=O)NCCN(C(C)=O)c1ccc(OC(C)C)cc1. The summed E-state index contributed by atoms with van der Waals surface area (Å²) in [6.07, 6.45) is 1.53. The zero-order valence-electron chi connectivity index (χ0n) is 14.9. The largest absolute Gasteiger partial charge is 0.491 e. The number of carbonyl (C=O) groups excluding carboxylic acids is 1. The third kappa shape index (κ3) is 7.31. The summed E-state index contributed by atoms with van der Waals surface area (Å²) in [6, 6.07) is 7.20. The third-order valence-electron chi connectivity index (χ3n) is 3.32. The van der Waals surface area contributed by atoms with Gasteiger partial charge in [-0.15, -0.1) is 0 Å². The average molecular weight is 356 g/mol. The molecule has 6 nitrogen and oxygen atoms in total. The third-order valence-corrected chi connectivity index (χ3v) is 4.79. The van der Waals surface area contributed by atoms with Crippen molar-refractivity contribution >= 4 is 21.6 Å². The summed E-state index contributed by atoms with van der Waals surface area (Å²) in [5.74, 6) is 0.711. The van der Waals surface area contributed by atoms with Crippen LogP contribution in [0.25, 0.3) is 0 Å². The van der Waals surface area contributed by atoms with Crippen LogP contribution in [0, 0.1) is 0 Å². The first-order chi connectivity index (χ1) is 11.2. The molecular formula is C17H28N2O4S. The van der Waals surface area contributed by atoms with Crippen molar-refractivity contribution in [3.63, 3.8) is 0 Å². The fourth-order valence-electron chi connectivity index (χ4n) is 2.16. The van der Waals surface area contributed by atoms with E-state index in [1.54, 1.807) is 29.2 Å². The Balaban J connectivity index is 2.66. The summed E-state index contributed by atoms with van der Waals surface area (Å²) in [6.45, 7) is 7.77. The number of benzene rings is 1. The maximum atomic E-state index is 11.9. The van der Waals surface area contributed by atoms with Crippen LogP contribution in [0.3, 0.4) is 0 Å². The molecule has 0 aliphatic carbocycles. The number of ether oxygens (including phenoxy) is 1. The molecule has 136 valence electrons. The van der Waals surface area contributed by atoms with Crippen molar-refractivity contribution in [2.75, 3.05) is 23.7 Å². The van der Waals surface area contributed by atoms with Crippen molar-refractivity contribution in [2.24, 2.45) is 0 Å². The molecule has 1 rings (SSSR count). The van der Waals surface area contributed by atoms with E-state index < -0.39 is 10.0 Å². The van der Waals surface area contributed by atoms with Gasteiger partial charge in [0.05, 0.1) is 11.9 Å². The molecule has 0 aliphatic heterocycles.